The van der Waals surface area contributed by atoms with Crippen molar-refractivity contribution < 1.29 is 13.5 Å². The molecule has 0 bridgehead atoms. The first kappa shape index (κ1) is 11.5. The van der Waals surface area contributed by atoms with Crippen LogP contribution in [0.5, 0.6) is 11.6 Å². The van der Waals surface area contributed by atoms with Gasteiger partial charge >= 0.3 is 0 Å². The molecule has 0 fully saturated rings. The molecule has 0 radical (unpaired) electrons. The third-order valence-electron chi connectivity index (χ3n) is 1.89. The second-order valence-corrected chi connectivity index (χ2v) is 3.49. The van der Waals surface area contributed by atoms with Crippen molar-refractivity contribution in [1.82, 2.24) is 9.97 Å². The van der Waals surface area contributed by atoms with E-state index in [-0.39, 0.29) is 22.3 Å². The van der Waals surface area contributed by atoms with Gasteiger partial charge in [0.15, 0.2) is 11.6 Å². The lowest BCUT2D eigenvalue weighted by Gasteiger charge is -2.07. The summed E-state index contributed by atoms with van der Waals surface area (Å²) in [6.07, 6.45) is 2.45. The van der Waals surface area contributed by atoms with E-state index in [4.69, 9.17) is 22.1 Å². The highest BCUT2D eigenvalue weighted by Gasteiger charge is 2.12. The topological polar surface area (TPSA) is 61.0 Å². The Labute approximate surface area is 100 Å². The predicted octanol–water partition coefficient (Wildman–Crippen LogP) is 2.78. The van der Waals surface area contributed by atoms with Crippen LogP contribution < -0.4 is 10.5 Å². The number of hydrogen-bond donors (Lipinski definition) is 1. The van der Waals surface area contributed by atoms with Gasteiger partial charge in [0.2, 0.25) is 5.88 Å². The van der Waals surface area contributed by atoms with Gasteiger partial charge in [-0.1, -0.05) is 11.6 Å². The highest BCUT2D eigenvalue weighted by molar-refractivity contribution is 6.31. The van der Waals surface area contributed by atoms with Crippen LogP contribution in [0.25, 0.3) is 0 Å². The molecule has 0 amide bonds. The van der Waals surface area contributed by atoms with Crippen molar-refractivity contribution >= 4 is 17.3 Å². The number of benzene rings is 1. The third-order valence-corrected chi connectivity index (χ3v) is 2.15. The molecular weight excluding hydrogens is 252 g/mol. The fourth-order valence-corrected chi connectivity index (χ4v) is 1.25. The average molecular weight is 258 g/mol. The van der Waals surface area contributed by atoms with E-state index in [1.165, 1.54) is 12.5 Å². The van der Waals surface area contributed by atoms with Gasteiger partial charge in [0.1, 0.15) is 17.2 Å². The number of ether oxygens (including phenoxy) is 1. The Morgan fingerprint density at radius 3 is 2.71 bits per heavy atom. The summed E-state index contributed by atoms with van der Waals surface area (Å²) in [5.74, 6) is -2.01. The predicted molar refractivity (Wildman–Crippen MR) is 57.9 cm³/mol. The van der Waals surface area contributed by atoms with Crippen LogP contribution in [0.15, 0.2) is 24.7 Å². The molecule has 0 spiro atoms. The molecule has 0 saturated heterocycles. The minimum atomic E-state index is -0.807. The van der Waals surface area contributed by atoms with E-state index in [2.05, 4.69) is 9.97 Å². The Morgan fingerprint density at radius 2 is 2.00 bits per heavy atom. The lowest BCUT2D eigenvalue weighted by atomic mass is 10.3. The number of nitrogen functional groups attached to an aromatic ring is 1. The van der Waals surface area contributed by atoms with Gasteiger partial charge < -0.3 is 10.5 Å². The Balaban J connectivity index is 2.37. The first-order chi connectivity index (χ1) is 8.08. The van der Waals surface area contributed by atoms with E-state index in [1.54, 1.807) is 0 Å². The summed E-state index contributed by atoms with van der Waals surface area (Å²) in [6, 6.07) is 1.64. The molecule has 2 rings (SSSR count). The average Bonchev–Trinajstić information content (AvgIpc) is 2.29. The Kier molecular flexibility index (Phi) is 3.06. The van der Waals surface area contributed by atoms with Gasteiger partial charge in [-0.05, 0) is 0 Å². The lowest BCUT2D eigenvalue weighted by molar-refractivity contribution is 0.422. The summed E-state index contributed by atoms with van der Waals surface area (Å²) in [5.41, 5.74) is 4.89. The van der Waals surface area contributed by atoms with Crippen molar-refractivity contribution in [2.45, 2.75) is 0 Å². The molecule has 1 aromatic carbocycles. The first-order valence-electron chi connectivity index (χ1n) is 4.46. The molecule has 2 aromatic rings. The molecule has 0 saturated carbocycles. The quantitative estimate of drug-likeness (QED) is 0.841. The number of nitrogens with zero attached hydrogens (tertiary/aromatic N) is 2. The summed E-state index contributed by atoms with van der Waals surface area (Å²) in [7, 11) is 0. The second-order valence-electron chi connectivity index (χ2n) is 3.08. The third kappa shape index (κ3) is 2.42. The van der Waals surface area contributed by atoms with Crippen LogP contribution in [0.2, 0.25) is 5.02 Å². The van der Waals surface area contributed by atoms with Gasteiger partial charge in [-0.15, -0.1) is 0 Å². The van der Waals surface area contributed by atoms with Crippen LogP contribution in [0.3, 0.4) is 0 Å². The molecule has 0 unspecified atom stereocenters. The number of nitrogens with two attached hydrogens (primary N) is 1. The number of rotatable bonds is 2. The maximum absolute atomic E-state index is 13.4. The van der Waals surface area contributed by atoms with Crippen molar-refractivity contribution in [3.05, 3.63) is 41.3 Å². The van der Waals surface area contributed by atoms with E-state index in [0.29, 0.717) is 0 Å². The van der Waals surface area contributed by atoms with Crippen LogP contribution in [0.1, 0.15) is 0 Å². The largest absolute Gasteiger partial charge is 0.434 e. The van der Waals surface area contributed by atoms with Crippen molar-refractivity contribution in [3.63, 3.8) is 0 Å². The molecule has 0 aliphatic heterocycles. The zero-order chi connectivity index (χ0) is 12.4. The summed E-state index contributed by atoms with van der Waals surface area (Å²) in [4.78, 5) is 7.31. The van der Waals surface area contributed by atoms with Crippen LogP contribution in [-0.4, -0.2) is 9.97 Å². The van der Waals surface area contributed by atoms with E-state index in [0.717, 1.165) is 12.1 Å². The van der Waals surface area contributed by atoms with Gasteiger partial charge in [-0.2, -0.15) is 0 Å². The molecular formula is C10H6ClF2N3O. The van der Waals surface area contributed by atoms with Gasteiger partial charge in [0.25, 0.3) is 0 Å². The maximum atomic E-state index is 13.4. The Morgan fingerprint density at radius 1 is 1.24 bits per heavy atom. The van der Waals surface area contributed by atoms with Gasteiger partial charge in [0, 0.05) is 12.1 Å². The zero-order valence-electron chi connectivity index (χ0n) is 8.32. The van der Waals surface area contributed by atoms with Crippen molar-refractivity contribution in [2.75, 3.05) is 5.73 Å². The monoisotopic (exact) mass is 257 g/mol. The molecule has 1 heterocycles. The smallest absolute Gasteiger partial charge is 0.241 e. The fraction of sp³-hybridized carbons (Fsp3) is 0. The summed E-state index contributed by atoms with van der Waals surface area (Å²) in [6.45, 7) is 0. The van der Waals surface area contributed by atoms with E-state index in [1.807, 2.05) is 0 Å². The van der Waals surface area contributed by atoms with Gasteiger partial charge in [0.05, 0.1) is 11.9 Å². The summed E-state index contributed by atoms with van der Waals surface area (Å²) < 4.78 is 31.5. The maximum Gasteiger partial charge on any atom is 0.241 e. The highest BCUT2D eigenvalue weighted by Crippen LogP contribution is 2.29. The summed E-state index contributed by atoms with van der Waals surface area (Å²) >= 11 is 5.71. The molecule has 17 heavy (non-hydrogen) atoms. The number of anilines is 1. The van der Waals surface area contributed by atoms with Crippen LogP contribution in [0, 0.1) is 11.6 Å². The van der Waals surface area contributed by atoms with Crippen molar-refractivity contribution in [2.24, 2.45) is 0 Å². The van der Waals surface area contributed by atoms with Crippen molar-refractivity contribution in [3.8, 4) is 11.6 Å². The normalized spacial score (nSPS) is 10.3. The molecule has 88 valence electrons. The lowest BCUT2D eigenvalue weighted by Crippen LogP contribution is -1.97. The molecule has 0 atom stereocenters. The highest BCUT2D eigenvalue weighted by atomic mass is 35.5. The second kappa shape index (κ2) is 4.50. The molecule has 2 N–H and O–H groups in total. The van der Waals surface area contributed by atoms with E-state index < -0.39 is 11.6 Å². The van der Waals surface area contributed by atoms with Crippen LogP contribution in [-0.2, 0) is 0 Å². The van der Waals surface area contributed by atoms with Crippen LogP contribution >= 0.6 is 11.6 Å². The van der Waals surface area contributed by atoms with Gasteiger partial charge in [-0.25, -0.2) is 18.7 Å². The van der Waals surface area contributed by atoms with E-state index >= 15 is 0 Å². The van der Waals surface area contributed by atoms with Crippen LogP contribution in [0.4, 0.5) is 14.5 Å². The Hall–Kier alpha value is -1.95. The molecule has 7 heteroatoms. The van der Waals surface area contributed by atoms with E-state index in [9.17, 15) is 8.78 Å². The standard InChI is InChI=1S/C10H6ClF2N3O/c11-5-3-15-4-16-10(5)17-9-2-6(12)8(14)1-7(9)13/h1-4H,14H2. The molecule has 1 aromatic heterocycles. The fourth-order valence-electron chi connectivity index (χ4n) is 1.10. The number of hydrogen-bond acceptors (Lipinski definition) is 4. The number of halogens is 3. The first-order valence-corrected chi connectivity index (χ1v) is 4.83. The molecule has 0 aliphatic rings. The van der Waals surface area contributed by atoms with Crippen molar-refractivity contribution in [1.29, 1.82) is 0 Å². The minimum Gasteiger partial charge on any atom is -0.434 e. The van der Waals surface area contributed by atoms with Gasteiger partial charge in [-0.3, -0.25) is 0 Å². The molecule has 4 nitrogen and oxygen atoms in total. The SMILES string of the molecule is Nc1cc(F)c(Oc2ncncc2Cl)cc1F. The summed E-state index contributed by atoms with van der Waals surface area (Å²) in [5, 5.41) is 0.0872. The zero-order valence-corrected chi connectivity index (χ0v) is 9.08. The minimum absolute atomic E-state index is 0.0651. The molecule has 0 aliphatic carbocycles. The number of aromatic nitrogens is 2. The Bertz CT molecular complexity index is 565.